The molecule has 0 saturated carbocycles. The van der Waals surface area contributed by atoms with Crippen molar-refractivity contribution in [3.63, 3.8) is 0 Å². The minimum Gasteiger partial charge on any atom is -0.385 e. The standard InChI is InChI=1S/C18H26N4O3/c1-25-11-3-9-22-15-7-10-21(12-13(15)5-6-16(22)23)18-14(17(19)24)4-2-8-20-18/h2,4,8,13,15H,3,5-7,9-12H2,1H3,(H2,19,24). The zero-order chi connectivity index (χ0) is 17.8. The third-order valence-corrected chi connectivity index (χ3v) is 5.24. The van der Waals surface area contributed by atoms with Crippen molar-refractivity contribution >= 4 is 17.6 Å². The van der Waals surface area contributed by atoms with Crippen LogP contribution >= 0.6 is 0 Å². The first-order valence-electron chi connectivity index (χ1n) is 8.90. The van der Waals surface area contributed by atoms with E-state index in [0.29, 0.717) is 30.3 Å². The van der Waals surface area contributed by atoms with Gasteiger partial charge < -0.3 is 20.3 Å². The summed E-state index contributed by atoms with van der Waals surface area (Å²) < 4.78 is 5.12. The van der Waals surface area contributed by atoms with Gasteiger partial charge in [-0.3, -0.25) is 9.59 Å². The SMILES string of the molecule is COCCCN1C(=O)CCC2CN(c3ncccc3C(N)=O)CCC21. The van der Waals surface area contributed by atoms with Gasteiger partial charge in [-0.05, 0) is 37.3 Å². The number of aromatic nitrogens is 1. The van der Waals surface area contributed by atoms with Crippen molar-refractivity contribution < 1.29 is 14.3 Å². The largest absolute Gasteiger partial charge is 0.385 e. The second-order valence-electron chi connectivity index (χ2n) is 6.77. The molecule has 2 fully saturated rings. The number of amides is 2. The molecule has 0 spiro atoms. The minimum atomic E-state index is -0.453. The molecule has 2 N–H and O–H groups in total. The summed E-state index contributed by atoms with van der Waals surface area (Å²) in [5.41, 5.74) is 5.95. The van der Waals surface area contributed by atoms with Crippen LogP contribution in [0.15, 0.2) is 18.3 Å². The fourth-order valence-corrected chi connectivity index (χ4v) is 4.05. The van der Waals surface area contributed by atoms with Crippen molar-refractivity contribution in [1.29, 1.82) is 0 Å². The molecule has 1 aromatic rings. The maximum atomic E-state index is 12.3. The number of hydrogen-bond acceptors (Lipinski definition) is 5. The fraction of sp³-hybridized carbons (Fsp3) is 0.611. The Morgan fingerprint density at radius 1 is 1.44 bits per heavy atom. The molecule has 2 aliphatic heterocycles. The summed E-state index contributed by atoms with van der Waals surface area (Å²) in [4.78, 5) is 32.6. The normalized spacial score (nSPS) is 23.5. The Morgan fingerprint density at radius 2 is 2.28 bits per heavy atom. The molecule has 0 aromatic carbocycles. The van der Waals surface area contributed by atoms with E-state index in [0.717, 1.165) is 38.9 Å². The second-order valence-corrected chi connectivity index (χ2v) is 6.77. The number of carbonyl (C=O) groups excluding carboxylic acids is 2. The Morgan fingerprint density at radius 3 is 3.04 bits per heavy atom. The van der Waals surface area contributed by atoms with E-state index in [2.05, 4.69) is 9.88 Å². The predicted molar refractivity (Wildman–Crippen MR) is 94.3 cm³/mol. The van der Waals surface area contributed by atoms with Crippen LogP contribution in [-0.2, 0) is 9.53 Å². The molecule has 2 unspecified atom stereocenters. The molecule has 7 nitrogen and oxygen atoms in total. The number of pyridine rings is 1. The van der Waals surface area contributed by atoms with Crippen LogP contribution in [0.1, 0.15) is 36.0 Å². The number of fused-ring (bicyclic) bond motifs is 1. The van der Waals surface area contributed by atoms with Crippen molar-refractivity contribution in [2.75, 3.05) is 38.3 Å². The van der Waals surface area contributed by atoms with Gasteiger partial charge in [-0.1, -0.05) is 0 Å². The lowest BCUT2D eigenvalue weighted by atomic mass is 9.83. The van der Waals surface area contributed by atoms with Gasteiger partial charge in [0.15, 0.2) is 0 Å². The van der Waals surface area contributed by atoms with E-state index in [1.165, 1.54) is 0 Å². The summed E-state index contributed by atoms with van der Waals surface area (Å²) in [6, 6.07) is 3.72. The second kappa shape index (κ2) is 7.82. The number of carbonyl (C=O) groups is 2. The van der Waals surface area contributed by atoms with Gasteiger partial charge in [0.2, 0.25) is 5.91 Å². The van der Waals surface area contributed by atoms with Crippen molar-refractivity contribution in [3.05, 3.63) is 23.9 Å². The first kappa shape index (κ1) is 17.7. The molecule has 2 saturated heterocycles. The summed E-state index contributed by atoms with van der Waals surface area (Å²) >= 11 is 0. The Kier molecular flexibility index (Phi) is 5.53. The molecule has 7 heteroatoms. The highest BCUT2D eigenvalue weighted by atomic mass is 16.5. The Hall–Kier alpha value is -2.15. The number of methoxy groups -OCH3 is 1. The number of rotatable bonds is 6. The van der Waals surface area contributed by atoms with Gasteiger partial charge >= 0.3 is 0 Å². The highest BCUT2D eigenvalue weighted by molar-refractivity contribution is 5.97. The zero-order valence-corrected chi connectivity index (χ0v) is 14.7. The first-order chi connectivity index (χ1) is 12.1. The van der Waals surface area contributed by atoms with Crippen molar-refractivity contribution in [3.8, 4) is 0 Å². The van der Waals surface area contributed by atoms with E-state index in [9.17, 15) is 9.59 Å². The molecule has 2 amide bonds. The van der Waals surface area contributed by atoms with E-state index in [-0.39, 0.29) is 11.9 Å². The van der Waals surface area contributed by atoms with E-state index >= 15 is 0 Å². The van der Waals surface area contributed by atoms with Crippen LogP contribution in [0.4, 0.5) is 5.82 Å². The van der Waals surface area contributed by atoms with Gasteiger partial charge in [0, 0.05) is 52.0 Å². The smallest absolute Gasteiger partial charge is 0.252 e. The number of primary amides is 1. The monoisotopic (exact) mass is 346 g/mol. The van der Waals surface area contributed by atoms with Crippen molar-refractivity contribution in [2.45, 2.75) is 31.7 Å². The topological polar surface area (TPSA) is 88.8 Å². The lowest BCUT2D eigenvalue weighted by Gasteiger charge is -2.47. The molecule has 3 rings (SSSR count). The number of anilines is 1. The molecular formula is C18H26N4O3. The molecule has 1 aromatic heterocycles. The predicted octanol–water partition coefficient (Wildman–Crippen LogP) is 1.03. The van der Waals surface area contributed by atoms with E-state index in [4.69, 9.17) is 10.5 Å². The van der Waals surface area contributed by atoms with E-state index < -0.39 is 5.91 Å². The van der Waals surface area contributed by atoms with Gasteiger partial charge in [-0.2, -0.15) is 0 Å². The van der Waals surface area contributed by atoms with Crippen LogP contribution in [0.2, 0.25) is 0 Å². The summed E-state index contributed by atoms with van der Waals surface area (Å²) in [7, 11) is 1.68. The van der Waals surface area contributed by atoms with Gasteiger partial charge in [-0.25, -0.2) is 4.98 Å². The number of nitrogens with zero attached hydrogens (tertiary/aromatic N) is 3. The lowest BCUT2D eigenvalue weighted by molar-refractivity contribution is -0.139. The van der Waals surface area contributed by atoms with Crippen LogP contribution in [0.3, 0.4) is 0 Å². The van der Waals surface area contributed by atoms with Gasteiger partial charge in [0.05, 0.1) is 5.56 Å². The molecule has 3 heterocycles. The maximum Gasteiger partial charge on any atom is 0.252 e. The van der Waals surface area contributed by atoms with E-state index in [1.54, 1.807) is 25.4 Å². The van der Waals surface area contributed by atoms with Crippen LogP contribution in [-0.4, -0.2) is 61.1 Å². The number of hydrogen-bond donors (Lipinski definition) is 1. The lowest BCUT2D eigenvalue weighted by Crippen LogP contribution is -2.56. The molecule has 0 aliphatic carbocycles. The summed E-state index contributed by atoms with van der Waals surface area (Å²) in [6.45, 7) is 3.00. The van der Waals surface area contributed by atoms with Gasteiger partial charge in [0.1, 0.15) is 5.82 Å². The molecular weight excluding hydrogens is 320 g/mol. The number of likely N-dealkylation sites (tertiary alicyclic amines) is 1. The average Bonchev–Trinajstić information content (AvgIpc) is 2.63. The van der Waals surface area contributed by atoms with Gasteiger partial charge in [-0.15, -0.1) is 0 Å². The van der Waals surface area contributed by atoms with Crippen molar-refractivity contribution in [2.24, 2.45) is 11.7 Å². The fourth-order valence-electron chi connectivity index (χ4n) is 4.05. The van der Waals surface area contributed by atoms with E-state index in [1.807, 2.05) is 4.90 Å². The highest BCUT2D eigenvalue weighted by Crippen LogP contribution is 2.33. The Bertz CT molecular complexity index is 637. The summed E-state index contributed by atoms with van der Waals surface area (Å²) in [5.74, 6) is 0.861. The summed E-state index contributed by atoms with van der Waals surface area (Å²) in [6.07, 6.45) is 4.92. The number of piperidine rings is 2. The molecule has 0 radical (unpaired) electrons. The molecule has 0 bridgehead atoms. The van der Waals surface area contributed by atoms with Crippen molar-refractivity contribution in [1.82, 2.24) is 9.88 Å². The number of ether oxygens (including phenoxy) is 1. The minimum absolute atomic E-state index is 0.251. The van der Waals surface area contributed by atoms with Crippen LogP contribution in [0, 0.1) is 5.92 Å². The number of nitrogens with two attached hydrogens (primary N) is 1. The quantitative estimate of drug-likeness (QED) is 0.777. The molecule has 25 heavy (non-hydrogen) atoms. The highest BCUT2D eigenvalue weighted by Gasteiger charge is 2.39. The average molecular weight is 346 g/mol. The summed E-state index contributed by atoms with van der Waals surface area (Å²) in [5, 5.41) is 0. The Labute approximate surface area is 148 Å². The molecule has 136 valence electrons. The third kappa shape index (κ3) is 3.76. The molecule has 2 atom stereocenters. The first-order valence-corrected chi connectivity index (χ1v) is 8.90. The zero-order valence-electron chi connectivity index (χ0n) is 14.7. The van der Waals surface area contributed by atoms with Gasteiger partial charge in [0.25, 0.3) is 5.91 Å². The van der Waals surface area contributed by atoms with Crippen LogP contribution in [0.25, 0.3) is 0 Å². The maximum absolute atomic E-state index is 12.3. The van der Waals surface area contributed by atoms with Crippen LogP contribution < -0.4 is 10.6 Å². The molecule has 2 aliphatic rings. The Balaban J connectivity index is 1.72. The third-order valence-electron chi connectivity index (χ3n) is 5.24. The van der Waals surface area contributed by atoms with Crippen LogP contribution in [0.5, 0.6) is 0 Å².